The number of nitrogens with zero attached hydrogens (tertiary/aromatic N) is 1. The van der Waals surface area contributed by atoms with Crippen molar-refractivity contribution >= 4 is 17.9 Å². The van der Waals surface area contributed by atoms with Crippen LogP contribution in [0.1, 0.15) is 129 Å². The molecule has 1 N–H and O–H groups in total. The van der Waals surface area contributed by atoms with E-state index in [1.165, 1.54) is 25.7 Å². The predicted molar refractivity (Wildman–Crippen MR) is 192 cm³/mol. The molecule has 8 heteroatoms. The first kappa shape index (κ1) is 44.3. The van der Waals surface area contributed by atoms with Crippen molar-refractivity contribution < 1.29 is 38.2 Å². The first-order valence-electron chi connectivity index (χ1n) is 18.2. The van der Waals surface area contributed by atoms with E-state index >= 15 is 0 Å². The number of hydrogen-bond acceptors (Lipinski definition) is 6. The lowest BCUT2D eigenvalue weighted by molar-refractivity contribution is -0.887. The van der Waals surface area contributed by atoms with E-state index in [9.17, 15) is 19.5 Å². The summed E-state index contributed by atoms with van der Waals surface area (Å²) in [6.07, 6.45) is 33.3. The van der Waals surface area contributed by atoms with E-state index in [1.54, 1.807) is 0 Å². The van der Waals surface area contributed by atoms with Gasteiger partial charge in [0.15, 0.2) is 12.1 Å². The minimum atomic E-state index is -0.886. The van der Waals surface area contributed by atoms with Crippen molar-refractivity contribution in [2.75, 3.05) is 41.0 Å². The summed E-state index contributed by atoms with van der Waals surface area (Å²) in [5.41, 5.74) is 0. The maximum Gasteiger partial charge on any atom is 0.362 e. The zero-order valence-corrected chi connectivity index (χ0v) is 30.5. The summed E-state index contributed by atoms with van der Waals surface area (Å²) in [6.45, 7) is 4.47. The van der Waals surface area contributed by atoms with Crippen LogP contribution < -0.4 is 0 Å². The van der Waals surface area contributed by atoms with Gasteiger partial charge >= 0.3 is 17.9 Å². The van der Waals surface area contributed by atoms with Gasteiger partial charge in [0.05, 0.1) is 34.4 Å². The van der Waals surface area contributed by atoms with Crippen molar-refractivity contribution in [3.05, 3.63) is 48.6 Å². The number of hydrogen-bond donors (Lipinski definition) is 1. The van der Waals surface area contributed by atoms with Gasteiger partial charge < -0.3 is 23.8 Å². The number of unbranched alkanes of at least 4 members (excludes halogenated alkanes) is 9. The lowest BCUT2D eigenvalue weighted by Crippen LogP contribution is -2.50. The Morgan fingerprint density at radius 3 is 1.87 bits per heavy atom. The van der Waals surface area contributed by atoms with Crippen LogP contribution in [0.2, 0.25) is 0 Å². The summed E-state index contributed by atoms with van der Waals surface area (Å²) >= 11 is 0. The van der Waals surface area contributed by atoms with Gasteiger partial charge in [-0.25, -0.2) is 4.79 Å². The highest BCUT2D eigenvalue weighted by atomic mass is 16.6. The van der Waals surface area contributed by atoms with Crippen LogP contribution in [-0.4, -0.2) is 80.6 Å². The second-order valence-electron chi connectivity index (χ2n) is 13.1. The van der Waals surface area contributed by atoms with Gasteiger partial charge in [-0.15, -0.1) is 0 Å². The number of carboxylic acid groups (broad SMARTS) is 1. The Kier molecular flexibility index (Phi) is 28.8. The number of carbonyl (C=O) groups is 3. The second-order valence-corrected chi connectivity index (χ2v) is 13.1. The van der Waals surface area contributed by atoms with Crippen LogP contribution in [0.25, 0.3) is 0 Å². The topological polar surface area (TPSA) is 99.1 Å². The van der Waals surface area contributed by atoms with E-state index in [0.29, 0.717) is 19.3 Å². The normalized spacial score (nSPS) is 13.6. The number of esters is 2. The molecule has 0 aliphatic carbocycles. The summed E-state index contributed by atoms with van der Waals surface area (Å²) in [6, 6.07) is -0.620. The third kappa shape index (κ3) is 29.2. The summed E-state index contributed by atoms with van der Waals surface area (Å²) in [5.74, 6) is -1.56. The Morgan fingerprint density at radius 1 is 0.660 bits per heavy atom. The molecule has 0 rings (SSSR count). The molecule has 0 bridgehead atoms. The quantitative estimate of drug-likeness (QED) is 0.0343. The van der Waals surface area contributed by atoms with Gasteiger partial charge in [0.1, 0.15) is 6.61 Å². The molecule has 270 valence electrons. The maximum absolute atomic E-state index is 12.5. The summed E-state index contributed by atoms with van der Waals surface area (Å²) in [7, 11) is 5.48. The van der Waals surface area contributed by atoms with Gasteiger partial charge in [-0.3, -0.25) is 9.59 Å². The highest BCUT2D eigenvalue weighted by molar-refractivity contribution is 5.72. The van der Waals surface area contributed by atoms with E-state index in [4.69, 9.17) is 14.2 Å². The summed E-state index contributed by atoms with van der Waals surface area (Å²) in [5, 5.41) is 9.55. The molecule has 0 aliphatic rings. The van der Waals surface area contributed by atoms with E-state index in [1.807, 2.05) is 27.2 Å². The van der Waals surface area contributed by atoms with Crippen molar-refractivity contribution in [2.24, 2.45) is 0 Å². The highest BCUT2D eigenvalue weighted by Crippen LogP contribution is 2.12. The molecule has 2 atom stereocenters. The van der Waals surface area contributed by atoms with Crippen LogP contribution in [-0.2, 0) is 28.6 Å². The van der Waals surface area contributed by atoms with E-state index < -0.39 is 18.1 Å². The number of ether oxygens (including phenoxy) is 3. The number of carboxylic acids is 1. The number of aliphatic carboxylic acids is 1. The molecule has 0 saturated carbocycles. The van der Waals surface area contributed by atoms with E-state index in [2.05, 4.69) is 56.4 Å². The first-order chi connectivity index (χ1) is 22.6. The largest absolute Gasteiger partial charge is 0.477 e. The summed E-state index contributed by atoms with van der Waals surface area (Å²) < 4.78 is 17.0. The van der Waals surface area contributed by atoms with Crippen LogP contribution in [0.3, 0.4) is 0 Å². The molecule has 0 heterocycles. The fourth-order valence-corrected chi connectivity index (χ4v) is 4.89. The minimum absolute atomic E-state index is 0.0396. The van der Waals surface area contributed by atoms with Gasteiger partial charge in [-0.2, -0.15) is 0 Å². The number of rotatable bonds is 31. The molecule has 0 amide bonds. The minimum Gasteiger partial charge on any atom is -0.477 e. The lowest BCUT2D eigenvalue weighted by atomic mass is 10.1. The fourth-order valence-electron chi connectivity index (χ4n) is 4.89. The molecule has 0 aromatic rings. The molecular weight excluding hydrogens is 594 g/mol. The molecule has 0 aromatic carbocycles. The number of likely N-dealkylation sites (N-methyl/N-ethyl adjacent to an activating group) is 1. The second kappa shape index (κ2) is 30.6. The van der Waals surface area contributed by atoms with Crippen LogP contribution in [0, 0.1) is 0 Å². The molecule has 0 saturated heterocycles. The smallest absolute Gasteiger partial charge is 0.362 e. The molecule has 8 nitrogen and oxygen atoms in total. The van der Waals surface area contributed by atoms with Gasteiger partial charge in [-0.1, -0.05) is 101 Å². The average Bonchev–Trinajstić information content (AvgIpc) is 3.01. The lowest BCUT2D eigenvalue weighted by Gasteiger charge is -2.31. The Balaban J connectivity index is 4.40. The Morgan fingerprint density at radius 2 is 1.23 bits per heavy atom. The maximum atomic E-state index is 12.5. The van der Waals surface area contributed by atoms with Gasteiger partial charge in [0.2, 0.25) is 0 Å². The zero-order chi connectivity index (χ0) is 35.0. The van der Waals surface area contributed by atoms with E-state index in [-0.39, 0.29) is 42.7 Å². The van der Waals surface area contributed by atoms with Crippen molar-refractivity contribution in [1.29, 1.82) is 0 Å². The van der Waals surface area contributed by atoms with Gasteiger partial charge in [0, 0.05) is 19.3 Å². The standard InChI is InChI=1S/C39H67NO7/c1-6-8-10-12-14-15-16-17-18-19-20-21-22-24-25-27-29-37(41)46-34-35(33-45-32-31-36(39(43)44)40(3,4)5)47-38(42)30-28-26-23-13-11-9-7-2/h8,10,14-15,17-18,23,26,35-36H,6-7,9,11-13,16,19-22,24-25,27-34H2,1-5H3/p+1/b10-8+,15-14+,18-17+,26-23+. The predicted octanol–water partition coefficient (Wildman–Crippen LogP) is 8.90. The summed E-state index contributed by atoms with van der Waals surface area (Å²) in [4.78, 5) is 36.5. The fraction of sp³-hybridized carbons (Fsp3) is 0.718. The van der Waals surface area contributed by atoms with Gasteiger partial charge in [0.25, 0.3) is 0 Å². The molecule has 0 radical (unpaired) electrons. The SMILES string of the molecule is CC/C=C/C/C=C/C/C=C/CCCCCCCCC(=O)OCC(COCCC(C(=O)O)[N+](C)(C)C)OC(=O)CC/C=C/CCCCC. The zero-order valence-electron chi connectivity index (χ0n) is 30.5. The first-order valence-corrected chi connectivity index (χ1v) is 18.2. The Bertz CT molecular complexity index is 917. The number of carbonyl (C=O) groups excluding carboxylic acids is 2. The molecular formula is C39H68NO7+. The molecule has 2 unspecified atom stereocenters. The van der Waals surface area contributed by atoms with Crippen molar-refractivity contribution in [3.8, 4) is 0 Å². The monoisotopic (exact) mass is 662 g/mol. The van der Waals surface area contributed by atoms with Crippen LogP contribution in [0.15, 0.2) is 48.6 Å². The number of quaternary nitrogens is 1. The van der Waals surface area contributed by atoms with Crippen molar-refractivity contribution in [1.82, 2.24) is 0 Å². The molecule has 0 aliphatic heterocycles. The average molecular weight is 663 g/mol. The van der Waals surface area contributed by atoms with E-state index in [0.717, 1.165) is 64.2 Å². The molecule has 0 spiro atoms. The van der Waals surface area contributed by atoms with Crippen LogP contribution >= 0.6 is 0 Å². The third-order valence-electron chi connectivity index (χ3n) is 7.73. The van der Waals surface area contributed by atoms with Gasteiger partial charge in [-0.05, 0) is 57.8 Å². The van der Waals surface area contributed by atoms with Crippen LogP contribution in [0.5, 0.6) is 0 Å². The Hall–Kier alpha value is -2.71. The number of allylic oxidation sites excluding steroid dienone is 8. The Labute approximate surface area is 286 Å². The molecule has 47 heavy (non-hydrogen) atoms. The van der Waals surface area contributed by atoms with Crippen LogP contribution in [0.4, 0.5) is 0 Å². The highest BCUT2D eigenvalue weighted by Gasteiger charge is 2.31. The third-order valence-corrected chi connectivity index (χ3v) is 7.73. The van der Waals surface area contributed by atoms with Crippen molar-refractivity contribution in [3.63, 3.8) is 0 Å². The molecule has 0 fully saturated rings. The van der Waals surface area contributed by atoms with Crippen molar-refractivity contribution in [2.45, 2.75) is 142 Å². The molecule has 0 aromatic heterocycles.